The van der Waals surface area contributed by atoms with Crippen LogP contribution in [0.3, 0.4) is 0 Å². The van der Waals surface area contributed by atoms with Gasteiger partial charge >= 0.3 is 5.97 Å². The number of fused-ring (bicyclic) bond motifs is 1. The van der Waals surface area contributed by atoms with E-state index in [-0.39, 0.29) is 11.9 Å². The van der Waals surface area contributed by atoms with E-state index in [1.165, 1.54) is 19.2 Å². The average molecular weight is 328 g/mol. The monoisotopic (exact) mass is 328 g/mol. The summed E-state index contributed by atoms with van der Waals surface area (Å²) >= 11 is 0. The number of piperidine rings is 1. The van der Waals surface area contributed by atoms with E-state index in [2.05, 4.69) is 10.3 Å². The molecule has 1 N–H and O–H groups in total. The Morgan fingerprint density at radius 1 is 1.21 bits per heavy atom. The molecule has 0 spiro atoms. The second-order valence-electron chi connectivity index (χ2n) is 6.15. The number of rotatable bonds is 4. The van der Waals surface area contributed by atoms with Crippen LogP contribution in [0.4, 0.5) is 4.39 Å². The molecule has 2 aromatic rings. The maximum Gasteiger partial charge on any atom is 0.338 e. The van der Waals surface area contributed by atoms with Crippen molar-refractivity contribution in [3.05, 3.63) is 47.8 Å². The molecule has 24 heavy (non-hydrogen) atoms. The number of carbonyl (C=O) groups excluding carboxylic acids is 1. The first-order valence-electron chi connectivity index (χ1n) is 7.89. The summed E-state index contributed by atoms with van der Waals surface area (Å²) in [7, 11) is 1.33. The number of nitrogens with zero attached hydrogens (tertiary/aromatic N) is 1. The second-order valence-corrected chi connectivity index (χ2v) is 6.15. The summed E-state index contributed by atoms with van der Waals surface area (Å²) in [6.45, 7) is 1.91. The van der Waals surface area contributed by atoms with Gasteiger partial charge in [-0.2, -0.15) is 0 Å². The van der Waals surface area contributed by atoms with E-state index in [1.54, 1.807) is 24.3 Å². The Morgan fingerprint density at radius 3 is 2.58 bits per heavy atom. The molecule has 1 aromatic carbocycles. The van der Waals surface area contributed by atoms with Crippen LogP contribution in [0.2, 0.25) is 0 Å². The van der Waals surface area contributed by atoms with E-state index in [0.717, 1.165) is 13.1 Å². The van der Waals surface area contributed by atoms with Gasteiger partial charge in [-0.25, -0.2) is 14.2 Å². The normalized spacial score (nSPS) is 24.3. The minimum atomic E-state index is -0.455. The molecule has 6 heteroatoms. The first-order valence-corrected chi connectivity index (χ1v) is 7.89. The van der Waals surface area contributed by atoms with E-state index in [0.29, 0.717) is 34.5 Å². The lowest BCUT2D eigenvalue weighted by Gasteiger charge is -2.11. The second kappa shape index (κ2) is 5.87. The zero-order chi connectivity index (χ0) is 16.7. The van der Waals surface area contributed by atoms with Crippen molar-refractivity contribution in [2.75, 3.05) is 20.2 Å². The van der Waals surface area contributed by atoms with E-state index >= 15 is 0 Å². The van der Waals surface area contributed by atoms with Crippen molar-refractivity contribution >= 4 is 5.97 Å². The third-order valence-electron chi connectivity index (χ3n) is 4.63. The van der Waals surface area contributed by atoms with Crippen LogP contribution >= 0.6 is 0 Å². The number of nitrogens with one attached hydrogen (secondary N) is 1. The number of aromatic nitrogens is 1. The molecule has 0 unspecified atom stereocenters. The zero-order valence-electron chi connectivity index (χ0n) is 13.2. The van der Waals surface area contributed by atoms with Crippen LogP contribution < -0.4 is 10.1 Å². The van der Waals surface area contributed by atoms with Gasteiger partial charge in [0.25, 0.3) is 0 Å². The summed E-state index contributed by atoms with van der Waals surface area (Å²) < 4.78 is 23.9. The van der Waals surface area contributed by atoms with Gasteiger partial charge in [-0.1, -0.05) is 0 Å². The van der Waals surface area contributed by atoms with Crippen LogP contribution in [0.1, 0.15) is 10.4 Å². The highest BCUT2D eigenvalue weighted by molar-refractivity contribution is 5.91. The van der Waals surface area contributed by atoms with Gasteiger partial charge in [-0.05, 0) is 30.3 Å². The third kappa shape index (κ3) is 2.73. The molecule has 5 nitrogen and oxygen atoms in total. The molecule has 0 bridgehead atoms. The Bertz CT molecular complexity index is 768. The number of carbonyl (C=O) groups is 1. The molecular formula is C18H17FN2O3. The molecule has 2 fully saturated rings. The molecule has 1 aliphatic heterocycles. The standard InChI is InChI=1S/C18H17FN2O3/c1-23-18(22)11-6-15(10-2-4-12(19)5-3-10)21-16(7-11)24-17-13-8-20-9-14(13)17/h2-7,13-14,17,20H,8-9H2,1H3/t13-,14+,17-. The zero-order valence-corrected chi connectivity index (χ0v) is 13.2. The summed E-state index contributed by atoms with van der Waals surface area (Å²) in [5, 5.41) is 3.31. The summed E-state index contributed by atoms with van der Waals surface area (Å²) in [4.78, 5) is 16.4. The Hall–Kier alpha value is -2.47. The molecule has 3 atom stereocenters. The molecule has 2 heterocycles. The quantitative estimate of drug-likeness (QED) is 0.873. The van der Waals surface area contributed by atoms with Gasteiger partial charge in [0, 0.05) is 36.6 Å². The molecule has 0 radical (unpaired) electrons. The molecule has 1 aliphatic carbocycles. The lowest BCUT2D eigenvalue weighted by Crippen LogP contribution is -2.20. The Morgan fingerprint density at radius 2 is 1.92 bits per heavy atom. The highest BCUT2D eigenvalue weighted by Crippen LogP contribution is 2.44. The maximum absolute atomic E-state index is 13.1. The van der Waals surface area contributed by atoms with Gasteiger partial charge < -0.3 is 14.8 Å². The van der Waals surface area contributed by atoms with Gasteiger partial charge in [0.15, 0.2) is 0 Å². The Labute approximate surface area is 138 Å². The molecule has 1 saturated heterocycles. The number of hydrogen-bond acceptors (Lipinski definition) is 5. The van der Waals surface area contributed by atoms with Gasteiger partial charge in [0.2, 0.25) is 5.88 Å². The number of ether oxygens (including phenoxy) is 2. The Kier molecular flexibility index (Phi) is 3.69. The predicted octanol–water partition coefficient (Wildman–Crippen LogP) is 2.27. The van der Waals surface area contributed by atoms with Gasteiger partial charge in [-0.3, -0.25) is 0 Å². The molecule has 1 aromatic heterocycles. The fourth-order valence-electron chi connectivity index (χ4n) is 3.25. The van der Waals surface area contributed by atoms with Crippen LogP contribution in [0.25, 0.3) is 11.3 Å². The van der Waals surface area contributed by atoms with Crippen molar-refractivity contribution in [3.63, 3.8) is 0 Å². The van der Waals surface area contributed by atoms with E-state index in [9.17, 15) is 9.18 Å². The number of halogens is 1. The number of methoxy groups -OCH3 is 1. The smallest absolute Gasteiger partial charge is 0.338 e. The summed E-state index contributed by atoms with van der Waals surface area (Å²) in [5.74, 6) is 0.656. The molecule has 4 rings (SSSR count). The van der Waals surface area contributed by atoms with Gasteiger partial charge in [0.05, 0.1) is 18.4 Å². The first-order chi connectivity index (χ1) is 11.7. The number of pyridine rings is 1. The van der Waals surface area contributed by atoms with Crippen LogP contribution in [0.5, 0.6) is 5.88 Å². The minimum Gasteiger partial charge on any atom is -0.474 e. The minimum absolute atomic E-state index is 0.146. The topological polar surface area (TPSA) is 60.5 Å². The highest BCUT2D eigenvalue weighted by Gasteiger charge is 2.55. The fraction of sp³-hybridized carbons (Fsp3) is 0.333. The van der Waals surface area contributed by atoms with Crippen molar-refractivity contribution in [1.82, 2.24) is 10.3 Å². The Balaban J connectivity index is 1.66. The number of esters is 1. The van der Waals surface area contributed by atoms with Crippen LogP contribution in [0, 0.1) is 17.7 Å². The number of benzene rings is 1. The number of hydrogen-bond donors (Lipinski definition) is 1. The SMILES string of the molecule is COC(=O)c1cc(O[C@@H]2[C@@H]3CNC[C@@H]32)nc(-c2ccc(F)cc2)c1. The van der Waals surface area contributed by atoms with E-state index in [1.807, 2.05) is 0 Å². The molecule has 2 aliphatic rings. The fourth-order valence-corrected chi connectivity index (χ4v) is 3.25. The molecule has 1 saturated carbocycles. The highest BCUT2D eigenvalue weighted by atomic mass is 19.1. The summed E-state index contributed by atoms with van der Waals surface area (Å²) in [5.41, 5.74) is 1.63. The summed E-state index contributed by atoms with van der Waals surface area (Å²) in [6.07, 6.45) is 0.146. The van der Waals surface area contributed by atoms with Crippen molar-refractivity contribution in [2.45, 2.75) is 6.10 Å². The van der Waals surface area contributed by atoms with E-state index < -0.39 is 5.97 Å². The van der Waals surface area contributed by atoms with Crippen molar-refractivity contribution < 1.29 is 18.7 Å². The van der Waals surface area contributed by atoms with Crippen LogP contribution in [-0.2, 0) is 4.74 Å². The lowest BCUT2D eigenvalue weighted by molar-refractivity contribution is 0.0600. The van der Waals surface area contributed by atoms with Crippen LogP contribution in [-0.4, -0.2) is 37.3 Å². The van der Waals surface area contributed by atoms with Crippen molar-refractivity contribution in [1.29, 1.82) is 0 Å². The third-order valence-corrected chi connectivity index (χ3v) is 4.63. The van der Waals surface area contributed by atoms with Gasteiger partial charge in [-0.15, -0.1) is 0 Å². The van der Waals surface area contributed by atoms with Crippen molar-refractivity contribution in [2.24, 2.45) is 11.8 Å². The first kappa shape index (κ1) is 15.1. The molecule has 0 amide bonds. The predicted molar refractivity (Wildman–Crippen MR) is 85.2 cm³/mol. The maximum atomic E-state index is 13.1. The van der Waals surface area contributed by atoms with Crippen LogP contribution in [0.15, 0.2) is 36.4 Å². The average Bonchev–Trinajstić information content (AvgIpc) is 3.03. The van der Waals surface area contributed by atoms with E-state index in [4.69, 9.17) is 9.47 Å². The largest absolute Gasteiger partial charge is 0.474 e. The molecular weight excluding hydrogens is 311 g/mol. The lowest BCUT2D eigenvalue weighted by atomic mass is 10.1. The summed E-state index contributed by atoms with van der Waals surface area (Å²) in [6, 6.07) is 9.19. The van der Waals surface area contributed by atoms with Gasteiger partial charge in [0.1, 0.15) is 11.9 Å². The van der Waals surface area contributed by atoms with Crippen molar-refractivity contribution in [3.8, 4) is 17.1 Å². The molecule has 124 valence electrons.